The lowest BCUT2D eigenvalue weighted by atomic mass is 10.0. The molecule has 13 heavy (non-hydrogen) atoms. The number of hydrogen-bond donors (Lipinski definition) is 1. The molecule has 0 aliphatic heterocycles. The van der Waals surface area contributed by atoms with E-state index in [1.54, 1.807) is 12.2 Å². The van der Waals surface area contributed by atoms with Gasteiger partial charge < -0.3 is 5.11 Å². The van der Waals surface area contributed by atoms with Gasteiger partial charge in [-0.05, 0) is 18.9 Å². The first-order valence-corrected chi connectivity index (χ1v) is 4.30. The lowest BCUT2D eigenvalue weighted by Crippen LogP contribution is -1.98. The third-order valence-corrected chi connectivity index (χ3v) is 1.90. The first kappa shape index (κ1) is 9.71. The van der Waals surface area contributed by atoms with Crippen molar-refractivity contribution in [2.24, 2.45) is 0 Å². The van der Waals surface area contributed by atoms with E-state index in [0.717, 1.165) is 12.0 Å². The second kappa shape index (κ2) is 4.60. The summed E-state index contributed by atoms with van der Waals surface area (Å²) in [7, 11) is 0. The molecule has 3 nitrogen and oxygen atoms in total. The largest absolute Gasteiger partial charge is 0.481 e. The van der Waals surface area contributed by atoms with Crippen molar-refractivity contribution in [3.8, 4) is 0 Å². The quantitative estimate of drug-likeness (QED) is 0.716. The van der Waals surface area contributed by atoms with Gasteiger partial charge in [-0.25, -0.2) is 0 Å². The van der Waals surface area contributed by atoms with Gasteiger partial charge in [-0.2, -0.15) is 0 Å². The van der Waals surface area contributed by atoms with E-state index in [4.69, 9.17) is 5.11 Å². The van der Waals surface area contributed by atoms with Crippen molar-refractivity contribution in [2.45, 2.75) is 25.7 Å². The van der Waals surface area contributed by atoms with E-state index in [-0.39, 0.29) is 12.2 Å². The predicted octanol–water partition coefficient (Wildman–Crippen LogP) is 1.70. The number of rotatable bonds is 4. The van der Waals surface area contributed by atoms with Crippen LogP contribution in [-0.4, -0.2) is 16.9 Å². The third-order valence-electron chi connectivity index (χ3n) is 1.90. The topological polar surface area (TPSA) is 54.4 Å². The molecule has 0 radical (unpaired) electrons. The van der Waals surface area contributed by atoms with E-state index in [1.165, 1.54) is 0 Å². The van der Waals surface area contributed by atoms with Gasteiger partial charge in [0, 0.05) is 12.8 Å². The Labute approximate surface area is 76.8 Å². The van der Waals surface area contributed by atoms with Gasteiger partial charge in [0.2, 0.25) is 0 Å². The lowest BCUT2D eigenvalue weighted by Gasteiger charge is -2.04. The molecule has 0 aromatic rings. The molecule has 0 amide bonds. The zero-order valence-corrected chi connectivity index (χ0v) is 7.32. The number of ketones is 1. The first-order valence-electron chi connectivity index (χ1n) is 4.30. The van der Waals surface area contributed by atoms with Crippen molar-refractivity contribution in [2.75, 3.05) is 0 Å². The molecule has 0 spiro atoms. The van der Waals surface area contributed by atoms with Crippen LogP contribution in [0.1, 0.15) is 25.7 Å². The molecule has 1 rings (SSSR count). The maximum atomic E-state index is 10.8. The lowest BCUT2D eigenvalue weighted by molar-refractivity contribution is -0.137. The summed E-state index contributed by atoms with van der Waals surface area (Å²) in [6, 6.07) is 0. The number of carbonyl (C=O) groups is 2. The number of carboxylic acid groups (broad SMARTS) is 1. The Hall–Kier alpha value is -1.38. The van der Waals surface area contributed by atoms with Crippen molar-refractivity contribution < 1.29 is 14.7 Å². The second-order valence-corrected chi connectivity index (χ2v) is 3.03. The van der Waals surface area contributed by atoms with Gasteiger partial charge in [-0.1, -0.05) is 17.7 Å². The summed E-state index contributed by atoms with van der Waals surface area (Å²) in [4.78, 5) is 21.0. The Morgan fingerprint density at radius 3 is 2.77 bits per heavy atom. The number of hydrogen-bond acceptors (Lipinski definition) is 2. The average molecular weight is 180 g/mol. The fourth-order valence-corrected chi connectivity index (χ4v) is 1.20. The zero-order chi connectivity index (χ0) is 9.68. The van der Waals surface area contributed by atoms with Gasteiger partial charge in [0.25, 0.3) is 0 Å². The van der Waals surface area contributed by atoms with Gasteiger partial charge in [-0.15, -0.1) is 0 Å². The zero-order valence-electron chi connectivity index (χ0n) is 7.32. The van der Waals surface area contributed by atoms with Crippen molar-refractivity contribution >= 4 is 11.8 Å². The Bertz CT molecular complexity index is 274. The minimum atomic E-state index is -0.767. The minimum absolute atomic E-state index is 0.113. The molecule has 1 aliphatic carbocycles. The molecule has 0 bridgehead atoms. The molecule has 3 heteroatoms. The van der Waals surface area contributed by atoms with Crippen LogP contribution in [-0.2, 0) is 9.59 Å². The molecule has 0 saturated carbocycles. The summed E-state index contributed by atoms with van der Waals surface area (Å²) < 4.78 is 0. The molecular formula is C10H12O3. The summed E-state index contributed by atoms with van der Waals surface area (Å²) in [5.41, 5.74) is 1.07. The molecule has 1 aliphatic rings. The Morgan fingerprint density at radius 1 is 1.46 bits per heavy atom. The summed E-state index contributed by atoms with van der Waals surface area (Å²) in [6.07, 6.45) is 7.22. The molecule has 1 N–H and O–H groups in total. The average Bonchev–Trinajstić information content (AvgIpc) is 2.08. The highest BCUT2D eigenvalue weighted by Crippen LogP contribution is 2.13. The van der Waals surface area contributed by atoms with Gasteiger partial charge in [0.1, 0.15) is 0 Å². The van der Waals surface area contributed by atoms with E-state index >= 15 is 0 Å². The fraction of sp³-hybridized carbons (Fsp3) is 0.400. The molecular weight excluding hydrogens is 168 g/mol. The smallest absolute Gasteiger partial charge is 0.303 e. The molecule has 70 valence electrons. The van der Waals surface area contributed by atoms with Crippen LogP contribution >= 0.6 is 0 Å². The van der Waals surface area contributed by atoms with Crippen LogP contribution in [0.25, 0.3) is 0 Å². The van der Waals surface area contributed by atoms with E-state index in [1.807, 2.05) is 6.08 Å². The van der Waals surface area contributed by atoms with Gasteiger partial charge in [-0.3, -0.25) is 9.59 Å². The van der Waals surface area contributed by atoms with E-state index in [0.29, 0.717) is 12.8 Å². The number of carboxylic acids is 1. The molecule has 0 heterocycles. The molecule has 0 saturated heterocycles. The maximum absolute atomic E-state index is 10.8. The van der Waals surface area contributed by atoms with Crippen molar-refractivity contribution in [3.05, 3.63) is 23.8 Å². The second-order valence-electron chi connectivity index (χ2n) is 3.03. The van der Waals surface area contributed by atoms with Gasteiger partial charge in [0.15, 0.2) is 5.78 Å². The van der Waals surface area contributed by atoms with Crippen molar-refractivity contribution in [3.63, 3.8) is 0 Å². The van der Waals surface area contributed by atoms with Crippen LogP contribution in [0.5, 0.6) is 0 Å². The Kier molecular flexibility index (Phi) is 3.43. The van der Waals surface area contributed by atoms with Crippen LogP contribution in [0.2, 0.25) is 0 Å². The molecule has 0 aromatic carbocycles. The highest BCUT2D eigenvalue weighted by Gasteiger charge is 2.04. The Balaban J connectivity index is 2.27. The standard InChI is InChI=1S/C10H12O3/c11-9-6-4-8(5-7-9)2-1-3-10(12)13/h4-6H,1-3,7H2,(H,12,13). The summed E-state index contributed by atoms with van der Waals surface area (Å²) >= 11 is 0. The molecule has 0 fully saturated rings. The normalized spacial score (nSPS) is 15.7. The number of carbonyl (C=O) groups excluding carboxylic acids is 1. The number of aliphatic carboxylic acids is 1. The summed E-state index contributed by atoms with van der Waals surface area (Å²) in [5.74, 6) is -0.654. The minimum Gasteiger partial charge on any atom is -0.481 e. The molecule has 0 atom stereocenters. The highest BCUT2D eigenvalue weighted by atomic mass is 16.4. The van der Waals surface area contributed by atoms with Crippen LogP contribution in [0, 0.1) is 0 Å². The van der Waals surface area contributed by atoms with Crippen molar-refractivity contribution in [1.29, 1.82) is 0 Å². The van der Waals surface area contributed by atoms with E-state index in [2.05, 4.69) is 0 Å². The van der Waals surface area contributed by atoms with Crippen LogP contribution in [0.15, 0.2) is 23.8 Å². The first-order chi connectivity index (χ1) is 6.18. The van der Waals surface area contributed by atoms with E-state index in [9.17, 15) is 9.59 Å². The predicted molar refractivity (Wildman–Crippen MR) is 48.3 cm³/mol. The maximum Gasteiger partial charge on any atom is 0.303 e. The van der Waals surface area contributed by atoms with Gasteiger partial charge >= 0.3 is 5.97 Å². The monoisotopic (exact) mass is 180 g/mol. The SMILES string of the molecule is O=C(O)CCCC1=CCC(=O)C=C1. The Morgan fingerprint density at radius 2 is 2.23 bits per heavy atom. The summed E-state index contributed by atoms with van der Waals surface area (Å²) in [5, 5.41) is 8.39. The fourth-order valence-electron chi connectivity index (χ4n) is 1.20. The van der Waals surface area contributed by atoms with Crippen LogP contribution in [0.3, 0.4) is 0 Å². The molecule has 0 unspecified atom stereocenters. The van der Waals surface area contributed by atoms with Crippen LogP contribution in [0.4, 0.5) is 0 Å². The number of allylic oxidation sites excluding steroid dienone is 4. The van der Waals surface area contributed by atoms with Crippen molar-refractivity contribution in [1.82, 2.24) is 0 Å². The summed E-state index contributed by atoms with van der Waals surface area (Å²) in [6.45, 7) is 0. The highest BCUT2D eigenvalue weighted by molar-refractivity contribution is 5.92. The molecule has 0 aromatic heterocycles. The van der Waals surface area contributed by atoms with Crippen LogP contribution < -0.4 is 0 Å². The van der Waals surface area contributed by atoms with E-state index < -0.39 is 5.97 Å². The van der Waals surface area contributed by atoms with Gasteiger partial charge in [0.05, 0.1) is 0 Å². The third kappa shape index (κ3) is 3.69.